The number of hydrogen-bond donors (Lipinski definition) is 3. The highest BCUT2D eigenvalue weighted by Gasteiger charge is 2.31. The van der Waals surface area contributed by atoms with E-state index in [2.05, 4.69) is 17.6 Å². The van der Waals surface area contributed by atoms with E-state index in [0.717, 1.165) is 13.0 Å². The summed E-state index contributed by atoms with van der Waals surface area (Å²) in [6, 6.07) is 0. The molecule has 4 N–H and O–H groups in total. The fraction of sp³-hybridized carbons (Fsp3) is 0.818. The first-order valence-electron chi connectivity index (χ1n) is 5.65. The number of hydrogen-bond acceptors (Lipinski definition) is 3. The van der Waals surface area contributed by atoms with E-state index in [1.54, 1.807) is 13.8 Å². The second-order valence-electron chi connectivity index (χ2n) is 5.17. The third-order valence-corrected chi connectivity index (χ3v) is 2.99. The molecule has 0 bridgehead atoms. The summed E-state index contributed by atoms with van der Waals surface area (Å²) >= 11 is 0. The van der Waals surface area contributed by atoms with Crippen LogP contribution in [0, 0.1) is 11.8 Å². The van der Waals surface area contributed by atoms with Crippen LogP contribution in [-0.4, -0.2) is 30.4 Å². The summed E-state index contributed by atoms with van der Waals surface area (Å²) in [7, 11) is 0. The number of rotatable bonds is 3. The van der Waals surface area contributed by atoms with Gasteiger partial charge < -0.3 is 16.4 Å². The van der Waals surface area contributed by atoms with E-state index in [9.17, 15) is 9.59 Å². The fourth-order valence-corrected chi connectivity index (χ4v) is 1.83. The molecule has 0 aromatic rings. The third-order valence-electron chi connectivity index (χ3n) is 2.99. The number of piperidine rings is 1. The summed E-state index contributed by atoms with van der Waals surface area (Å²) in [4.78, 5) is 23.0. The zero-order valence-electron chi connectivity index (χ0n) is 10.2. The van der Waals surface area contributed by atoms with Crippen molar-refractivity contribution in [1.82, 2.24) is 10.6 Å². The highest BCUT2D eigenvalue weighted by atomic mass is 16.2. The van der Waals surface area contributed by atoms with E-state index in [-0.39, 0.29) is 11.8 Å². The van der Waals surface area contributed by atoms with Crippen LogP contribution in [0.3, 0.4) is 0 Å². The maximum absolute atomic E-state index is 11.9. The van der Waals surface area contributed by atoms with E-state index < -0.39 is 11.4 Å². The van der Waals surface area contributed by atoms with Crippen molar-refractivity contribution in [2.45, 2.75) is 32.7 Å². The first-order chi connectivity index (χ1) is 7.33. The smallest absolute Gasteiger partial charge is 0.242 e. The van der Waals surface area contributed by atoms with Crippen LogP contribution in [0.4, 0.5) is 0 Å². The molecule has 0 aromatic carbocycles. The Labute approximate surface area is 96.1 Å². The van der Waals surface area contributed by atoms with Crippen molar-refractivity contribution >= 4 is 11.8 Å². The summed E-state index contributed by atoms with van der Waals surface area (Å²) in [5, 5.41) is 5.90. The molecular formula is C11H21N3O2. The Balaban J connectivity index is 2.55. The minimum Gasteiger partial charge on any atom is -0.368 e. The Bertz CT molecular complexity index is 289. The maximum atomic E-state index is 11.9. The molecular weight excluding hydrogens is 206 g/mol. The highest BCUT2D eigenvalue weighted by Crippen LogP contribution is 2.16. The van der Waals surface area contributed by atoms with Crippen LogP contribution in [0.1, 0.15) is 27.2 Å². The molecule has 0 aromatic heterocycles. The average Bonchev–Trinajstić information content (AvgIpc) is 2.16. The van der Waals surface area contributed by atoms with Gasteiger partial charge in [-0.2, -0.15) is 0 Å². The Hall–Kier alpha value is -1.10. The van der Waals surface area contributed by atoms with Crippen molar-refractivity contribution in [3.8, 4) is 0 Å². The standard InChI is InChI=1S/C11H21N3O2/c1-7-4-8(6-13-5-7)9(15)14-11(2,3)10(12)16/h7-8,13H,4-6H2,1-3H3,(H2,12,16)(H,14,15). The van der Waals surface area contributed by atoms with Gasteiger partial charge in [0.05, 0.1) is 5.92 Å². The second-order valence-corrected chi connectivity index (χ2v) is 5.17. The molecule has 1 saturated heterocycles. The lowest BCUT2D eigenvalue weighted by molar-refractivity contribution is -0.133. The number of primary amides is 1. The molecule has 5 nitrogen and oxygen atoms in total. The Kier molecular flexibility index (Phi) is 3.91. The molecule has 0 aliphatic carbocycles. The van der Waals surface area contributed by atoms with E-state index in [4.69, 9.17) is 5.73 Å². The van der Waals surface area contributed by atoms with Crippen molar-refractivity contribution in [3.63, 3.8) is 0 Å². The molecule has 2 unspecified atom stereocenters. The van der Waals surface area contributed by atoms with E-state index in [0.29, 0.717) is 12.5 Å². The second kappa shape index (κ2) is 4.82. The van der Waals surface area contributed by atoms with Gasteiger partial charge in [-0.1, -0.05) is 6.92 Å². The van der Waals surface area contributed by atoms with Crippen molar-refractivity contribution in [1.29, 1.82) is 0 Å². The Morgan fingerprint density at radius 3 is 2.50 bits per heavy atom. The van der Waals surface area contributed by atoms with Gasteiger partial charge in [-0.15, -0.1) is 0 Å². The average molecular weight is 227 g/mol. The van der Waals surface area contributed by atoms with Gasteiger partial charge in [0.2, 0.25) is 11.8 Å². The third kappa shape index (κ3) is 3.20. The molecule has 92 valence electrons. The number of carbonyl (C=O) groups is 2. The van der Waals surface area contributed by atoms with Gasteiger partial charge in [-0.25, -0.2) is 0 Å². The van der Waals surface area contributed by atoms with Crippen molar-refractivity contribution in [2.75, 3.05) is 13.1 Å². The van der Waals surface area contributed by atoms with Crippen LogP contribution in [0.15, 0.2) is 0 Å². The molecule has 2 amide bonds. The molecule has 1 rings (SSSR count). The number of amides is 2. The molecule has 0 spiro atoms. The molecule has 1 heterocycles. The molecule has 1 fully saturated rings. The SMILES string of the molecule is CC1CNCC(C(=O)NC(C)(C)C(N)=O)C1. The van der Waals surface area contributed by atoms with E-state index in [1.807, 2.05) is 0 Å². The van der Waals surface area contributed by atoms with Gasteiger partial charge in [0.15, 0.2) is 0 Å². The van der Waals surface area contributed by atoms with Gasteiger partial charge in [-0.05, 0) is 32.7 Å². The summed E-state index contributed by atoms with van der Waals surface area (Å²) in [5.74, 6) is -0.191. The Morgan fingerprint density at radius 2 is 2.00 bits per heavy atom. The largest absolute Gasteiger partial charge is 0.368 e. The van der Waals surface area contributed by atoms with Gasteiger partial charge in [-0.3, -0.25) is 9.59 Å². The summed E-state index contributed by atoms with van der Waals surface area (Å²) in [5.41, 5.74) is 4.23. The van der Waals surface area contributed by atoms with Crippen LogP contribution in [-0.2, 0) is 9.59 Å². The zero-order valence-corrected chi connectivity index (χ0v) is 10.2. The molecule has 1 aliphatic rings. The number of nitrogens with one attached hydrogen (secondary N) is 2. The maximum Gasteiger partial charge on any atom is 0.242 e. The molecule has 5 heteroatoms. The van der Waals surface area contributed by atoms with Crippen LogP contribution < -0.4 is 16.4 Å². The first-order valence-corrected chi connectivity index (χ1v) is 5.65. The lowest BCUT2D eigenvalue weighted by atomic mass is 9.90. The van der Waals surface area contributed by atoms with E-state index in [1.165, 1.54) is 0 Å². The normalized spacial score (nSPS) is 26.2. The molecule has 0 radical (unpaired) electrons. The zero-order chi connectivity index (χ0) is 12.3. The molecule has 1 aliphatic heterocycles. The predicted octanol–water partition coefficient (Wildman–Crippen LogP) is -0.388. The first kappa shape index (κ1) is 13.0. The lowest BCUT2D eigenvalue weighted by Crippen LogP contribution is -2.56. The van der Waals surface area contributed by atoms with Crippen LogP contribution in [0.2, 0.25) is 0 Å². The highest BCUT2D eigenvalue weighted by molar-refractivity contribution is 5.90. The predicted molar refractivity (Wildman–Crippen MR) is 61.6 cm³/mol. The number of carbonyl (C=O) groups excluding carboxylic acids is 2. The van der Waals surface area contributed by atoms with Crippen LogP contribution >= 0.6 is 0 Å². The van der Waals surface area contributed by atoms with Gasteiger partial charge >= 0.3 is 0 Å². The minimum atomic E-state index is -0.974. The van der Waals surface area contributed by atoms with E-state index >= 15 is 0 Å². The summed E-state index contributed by atoms with van der Waals surface area (Å²) in [6.45, 7) is 6.96. The van der Waals surface area contributed by atoms with Crippen LogP contribution in [0.25, 0.3) is 0 Å². The van der Waals surface area contributed by atoms with Crippen molar-refractivity contribution in [2.24, 2.45) is 17.6 Å². The van der Waals surface area contributed by atoms with Gasteiger partial charge in [0.1, 0.15) is 5.54 Å². The quantitative estimate of drug-likeness (QED) is 0.614. The Morgan fingerprint density at radius 1 is 1.38 bits per heavy atom. The topological polar surface area (TPSA) is 84.2 Å². The van der Waals surface area contributed by atoms with Crippen LogP contribution in [0.5, 0.6) is 0 Å². The molecule has 0 saturated carbocycles. The monoisotopic (exact) mass is 227 g/mol. The minimum absolute atomic E-state index is 0.0672. The van der Waals surface area contributed by atoms with Crippen molar-refractivity contribution in [3.05, 3.63) is 0 Å². The summed E-state index contributed by atoms with van der Waals surface area (Å²) in [6.07, 6.45) is 0.855. The molecule has 16 heavy (non-hydrogen) atoms. The fourth-order valence-electron chi connectivity index (χ4n) is 1.83. The van der Waals surface area contributed by atoms with Gasteiger partial charge in [0.25, 0.3) is 0 Å². The number of nitrogens with two attached hydrogens (primary N) is 1. The summed E-state index contributed by atoms with van der Waals surface area (Å²) < 4.78 is 0. The molecule has 2 atom stereocenters. The van der Waals surface area contributed by atoms with Crippen molar-refractivity contribution < 1.29 is 9.59 Å². The van der Waals surface area contributed by atoms with Gasteiger partial charge in [0, 0.05) is 6.54 Å². The lowest BCUT2D eigenvalue weighted by Gasteiger charge is -2.30.